The van der Waals surface area contributed by atoms with Crippen molar-refractivity contribution in [1.82, 2.24) is 9.55 Å². The Kier molecular flexibility index (Phi) is 5.94. The van der Waals surface area contributed by atoms with Gasteiger partial charge in [0.15, 0.2) is 0 Å². The summed E-state index contributed by atoms with van der Waals surface area (Å²) in [4.78, 5) is 53.0. The minimum Gasteiger partial charge on any atom is -0.456 e. The van der Waals surface area contributed by atoms with E-state index in [1.807, 2.05) is 43.3 Å². The lowest BCUT2D eigenvalue weighted by atomic mass is 9.96. The van der Waals surface area contributed by atoms with Crippen molar-refractivity contribution >= 4 is 34.2 Å². The SMILES string of the molecule is Cc1cc2c3c(c1)C(c1ccccc1)=NC(n1c(C)nc4cccc(C(=O)OC(C)(C)C)c4c1=O)C(=O)N3CC2. The Morgan fingerprint density at radius 1 is 1.00 bits per heavy atom. The van der Waals surface area contributed by atoms with Crippen molar-refractivity contribution in [1.29, 1.82) is 0 Å². The normalized spacial score (nSPS) is 16.5. The Labute approximate surface area is 231 Å². The third-order valence-electron chi connectivity index (χ3n) is 7.22. The van der Waals surface area contributed by atoms with Gasteiger partial charge in [-0.05, 0) is 64.8 Å². The number of ether oxygens (including phenoxy) is 1. The molecule has 0 spiro atoms. The van der Waals surface area contributed by atoms with Crippen molar-refractivity contribution in [3.63, 3.8) is 0 Å². The maximum absolute atomic E-state index is 14.3. The predicted molar refractivity (Wildman–Crippen MR) is 154 cm³/mol. The molecule has 1 amide bonds. The molecule has 8 heteroatoms. The van der Waals surface area contributed by atoms with Gasteiger partial charge in [-0.3, -0.25) is 14.2 Å². The molecule has 0 aliphatic carbocycles. The van der Waals surface area contributed by atoms with Crippen LogP contribution in [0.1, 0.15) is 65.4 Å². The number of nitrogens with zero attached hydrogens (tertiary/aromatic N) is 4. The van der Waals surface area contributed by atoms with E-state index in [1.165, 1.54) is 4.57 Å². The average Bonchev–Trinajstić information content (AvgIpc) is 3.27. The highest BCUT2D eigenvalue weighted by Gasteiger charge is 2.39. The van der Waals surface area contributed by atoms with Crippen molar-refractivity contribution in [2.45, 2.75) is 52.8 Å². The van der Waals surface area contributed by atoms with Crippen LogP contribution in [-0.4, -0.2) is 39.3 Å². The molecular weight excluding hydrogens is 504 g/mol. The molecule has 2 aliphatic rings. The first-order valence-corrected chi connectivity index (χ1v) is 13.4. The predicted octanol–water partition coefficient (Wildman–Crippen LogP) is 4.91. The number of aliphatic imine (C=N–C) groups is 1. The Morgan fingerprint density at radius 3 is 2.48 bits per heavy atom. The van der Waals surface area contributed by atoms with Gasteiger partial charge in [0.05, 0.1) is 27.9 Å². The van der Waals surface area contributed by atoms with E-state index in [0.29, 0.717) is 23.6 Å². The summed E-state index contributed by atoms with van der Waals surface area (Å²) in [5.41, 5.74) is 4.55. The number of aromatic nitrogens is 2. The topological polar surface area (TPSA) is 93.9 Å². The summed E-state index contributed by atoms with van der Waals surface area (Å²) in [6.07, 6.45) is -0.484. The summed E-state index contributed by atoms with van der Waals surface area (Å²) in [5, 5.41) is 0.103. The van der Waals surface area contributed by atoms with Crippen molar-refractivity contribution in [3.8, 4) is 0 Å². The van der Waals surface area contributed by atoms with E-state index in [-0.39, 0.29) is 16.9 Å². The van der Waals surface area contributed by atoms with E-state index >= 15 is 0 Å². The average molecular weight is 535 g/mol. The lowest BCUT2D eigenvalue weighted by Gasteiger charge is -2.23. The molecule has 1 atom stereocenters. The lowest BCUT2D eigenvalue weighted by Crippen LogP contribution is -2.40. The Balaban J connectivity index is 1.62. The third kappa shape index (κ3) is 4.20. The second-order valence-electron chi connectivity index (χ2n) is 11.3. The molecule has 0 radical (unpaired) electrons. The number of rotatable bonds is 3. The number of carbonyl (C=O) groups excluding carboxylic acids is 2. The van der Waals surface area contributed by atoms with Gasteiger partial charge in [-0.15, -0.1) is 0 Å². The number of esters is 1. The van der Waals surface area contributed by atoms with Gasteiger partial charge in [-0.2, -0.15) is 0 Å². The van der Waals surface area contributed by atoms with Gasteiger partial charge >= 0.3 is 5.97 Å². The molecule has 8 nitrogen and oxygen atoms in total. The summed E-state index contributed by atoms with van der Waals surface area (Å²) >= 11 is 0. The fourth-order valence-electron chi connectivity index (χ4n) is 5.63. The number of anilines is 1. The van der Waals surface area contributed by atoms with E-state index in [9.17, 15) is 14.4 Å². The van der Waals surface area contributed by atoms with Gasteiger partial charge in [0.1, 0.15) is 11.4 Å². The van der Waals surface area contributed by atoms with E-state index < -0.39 is 23.3 Å². The molecule has 4 aromatic rings. The van der Waals surface area contributed by atoms with Crippen LogP contribution in [0.5, 0.6) is 0 Å². The number of carbonyl (C=O) groups is 2. The van der Waals surface area contributed by atoms with Crippen molar-refractivity contribution < 1.29 is 14.3 Å². The Hall–Kier alpha value is -4.59. The molecule has 0 saturated heterocycles. The summed E-state index contributed by atoms with van der Waals surface area (Å²) in [6, 6.07) is 18.7. The molecule has 1 unspecified atom stereocenters. The first kappa shape index (κ1) is 25.7. The molecule has 0 fully saturated rings. The van der Waals surface area contributed by atoms with Gasteiger partial charge in [0.25, 0.3) is 11.5 Å². The van der Waals surface area contributed by atoms with E-state index in [1.54, 1.807) is 50.8 Å². The van der Waals surface area contributed by atoms with Crippen LogP contribution in [0, 0.1) is 13.8 Å². The third-order valence-corrected chi connectivity index (χ3v) is 7.22. The van der Waals surface area contributed by atoms with Crippen LogP contribution in [0.2, 0.25) is 0 Å². The number of benzene rings is 3. The maximum atomic E-state index is 14.3. The van der Waals surface area contributed by atoms with E-state index in [4.69, 9.17) is 9.73 Å². The first-order valence-electron chi connectivity index (χ1n) is 13.4. The molecule has 6 rings (SSSR count). The highest BCUT2D eigenvalue weighted by atomic mass is 16.6. The van der Waals surface area contributed by atoms with Crippen molar-refractivity contribution in [3.05, 3.63) is 105 Å². The molecule has 0 saturated carbocycles. The maximum Gasteiger partial charge on any atom is 0.339 e. The Morgan fingerprint density at radius 2 is 1.75 bits per heavy atom. The minimum atomic E-state index is -1.20. The van der Waals surface area contributed by atoms with Crippen LogP contribution >= 0.6 is 0 Å². The summed E-state index contributed by atoms with van der Waals surface area (Å²) in [7, 11) is 0. The number of hydrogen-bond acceptors (Lipinski definition) is 6. The number of fused-ring (bicyclic) bond motifs is 1. The lowest BCUT2D eigenvalue weighted by molar-refractivity contribution is -0.121. The van der Waals surface area contributed by atoms with Gasteiger partial charge < -0.3 is 9.64 Å². The smallest absolute Gasteiger partial charge is 0.339 e. The van der Waals surface area contributed by atoms with Crippen LogP contribution < -0.4 is 10.5 Å². The number of aryl methyl sites for hydroxylation is 2. The monoisotopic (exact) mass is 534 g/mol. The second kappa shape index (κ2) is 9.26. The van der Waals surface area contributed by atoms with Gasteiger partial charge in [0, 0.05) is 17.7 Å². The fraction of sp³-hybridized carbons (Fsp3) is 0.281. The van der Waals surface area contributed by atoms with Crippen LogP contribution in [0.4, 0.5) is 5.69 Å². The first-order chi connectivity index (χ1) is 19.0. The molecule has 1 aromatic heterocycles. The zero-order valence-electron chi connectivity index (χ0n) is 23.2. The van der Waals surface area contributed by atoms with Crippen LogP contribution in [-0.2, 0) is 16.0 Å². The second-order valence-corrected chi connectivity index (χ2v) is 11.3. The Bertz CT molecular complexity index is 1800. The van der Waals surface area contributed by atoms with E-state index in [2.05, 4.69) is 11.1 Å². The summed E-state index contributed by atoms with van der Waals surface area (Å²) < 4.78 is 6.91. The van der Waals surface area contributed by atoms with Crippen molar-refractivity contribution in [2.24, 2.45) is 4.99 Å². The highest BCUT2D eigenvalue weighted by Crippen LogP contribution is 2.39. The van der Waals surface area contributed by atoms with Crippen molar-refractivity contribution in [2.75, 3.05) is 11.4 Å². The largest absolute Gasteiger partial charge is 0.456 e. The molecule has 202 valence electrons. The molecule has 0 N–H and O–H groups in total. The highest BCUT2D eigenvalue weighted by molar-refractivity contribution is 6.20. The molecule has 0 bridgehead atoms. The standard InChI is InChI=1S/C32H30N4O4/c1-18-16-21-14-15-35-27(21)23(17-18)26(20-10-7-6-8-11-20)34-28(30(35)38)36-19(2)33-24-13-9-12-22(25(24)29(36)37)31(39)40-32(3,4)5/h6-13,16-17,28H,14-15H2,1-5H3. The zero-order valence-corrected chi connectivity index (χ0v) is 23.2. The van der Waals surface area contributed by atoms with Crippen LogP contribution in [0.15, 0.2) is 70.5 Å². The molecule has 3 aromatic carbocycles. The number of amides is 1. The van der Waals surface area contributed by atoms with Gasteiger partial charge in [-0.25, -0.2) is 14.8 Å². The number of hydrogen-bond donors (Lipinski definition) is 0. The molecular formula is C32H30N4O4. The van der Waals surface area contributed by atoms with Gasteiger partial charge in [-0.1, -0.05) is 48.0 Å². The molecule has 2 aliphatic heterocycles. The quantitative estimate of drug-likeness (QED) is 0.348. The fourth-order valence-corrected chi connectivity index (χ4v) is 5.63. The molecule has 3 heterocycles. The van der Waals surface area contributed by atoms with E-state index in [0.717, 1.165) is 34.4 Å². The molecule has 40 heavy (non-hydrogen) atoms. The summed E-state index contributed by atoms with van der Waals surface area (Å²) in [6.45, 7) is 9.52. The van der Waals surface area contributed by atoms with Crippen LogP contribution in [0.25, 0.3) is 10.9 Å². The van der Waals surface area contributed by atoms with Gasteiger partial charge in [0.2, 0.25) is 6.17 Å². The van der Waals surface area contributed by atoms with Crippen LogP contribution in [0.3, 0.4) is 0 Å². The minimum absolute atomic E-state index is 0.103. The summed E-state index contributed by atoms with van der Waals surface area (Å²) in [5.74, 6) is -0.606. The zero-order chi connectivity index (χ0) is 28.3.